The van der Waals surface area contributed by atoms with Crippen molar-refractivity contribution in [1.29, 1.82) is 0 Å². The van der Waals surface area contributed by atoms with Crippen LogP contribution >= 0.6 is 0 Å². The number of halogens is 1. The summed E-state index contributed by atoms with van der Waals surface area (Å²) in [5.41, 5.74) is 0. The molecule has 0 aliphatic carbocycles. The number of rotatable bonds is 3. The Kier molecular flexibility index (Phi) is 4.00. The highest BCUT2D eigenvalue weighted by Crippen LogP contribution is 1.94. The maximum atomic E-state index is 12.0. The Balaban J connectivity index is 2.83. The Morgan fingerprint density at radius 1 is 1.71 bits per heavy atom. The van der Waals surface area contributed by atoms with Crippen LogP contribution in [0, 0.1) is 0 Å². The fourth-order valence-electron chi connectivity index (χ4n) is 0.398. The monoisotopic (exact) mass is 105 g/mol. The summed E-state index contributed by atoms with van der Waals surface area (Å²) < 4.78 is 12.0. The van der Waals surface area contributed by atoms with Gasteiger partial charge in [-0.1, -0.05) is 13.3 Å². The summed E-state index contributed by atoms with van der Waals surface area (Å²) in [5, 5.41) is 2.50. The van der Waals surface area contributed by atoms with Gasteiger partial charge in [0.25, 0.3) is 0 Å². The molecule has 1 unspecified atom stereocenters. The molecule has 1 N–H and O–H groups in total. The molecule has 0 rings (SSSR count). The van der Waals surface area contributed by atoms with Crippen LogP contribution in [-0.2, 0) is 0 Å². The van der Waals surface area contributed by atoms with E-state index in [1.807, 2.05) is 6.92 Å². The molecule has 0 fully saturated rings. The Morgan fingerprint density at radius 3 is 2.43 bits per heavy atom. The third-order valence-corrected chi connectivity index (χ3v) is 0.855. The van der Waals surface area contributed by atoms with Gasteiger partial charge in [-0.05, 0) is 13.5 Å². The summed E-state index contributed by atoms with van der Waals surface area (Å²) in [6.45, 7) is 1.96. The largest absolute Gasteiger partial charge is 0.291 e. The van der Waals surface area contributed by atoms with E-state index in [2.05, 4.69) is 5.32 Å². The van der Waals surface area contributed by atoms with Crippen molar-refractivity contribution < 1.29 is 4.39 Å². The van der Waals surface area contributed by atoms with Gasteiger partial charge in [-0.3, -0.25) is 5.32 Å². The standard InChI is InChI=1S/C5H12FN/c1-3-4-5(6)7-2/h5,7H,3-4H2,1-2H3. The Morgan fingerprint density at radius 2 is 2.29 bits per heavy atom. The number of hydrogen-bond donors (Lipinski definition) is 1. The van der Waals surface area contributed by atoms with Crippen molar-refractivity contribution in [3.8, 4) is 0 Å². The van der Waals surface area contributed by atoms with E-state index in [-0.39, 0.29) is 0 Å². The summed E-state index contributed by atoms with van der Waals surface area (Å²) in [6, 6.07) is 0. The summed E-state index contributed by atoms with van der Waals surface area (Å²) in [7, 11) is 1.63. The van der Waals surface area contributed by atoms with Gasteiger partial charge >= 0.3 is 0 Å². The highest BCUT2D eigenvalue weighted by Gasteiger charge is 1.96. The van der Waals surface area contributed by atoms with Crippen LogP contribution in [0.15, 0.2) is 0 Å². The lowest BCUT2D eigenvalue weighted by Gasteiger charge is -2.00. The second-order valence-corrected chi connectivity index (χ2v) is 1.54. The number of alkyl halides is 1. The third-order valence-electron chi connectivity index (χ3n) is 0.855. The van der Waals surface area contributed by atoms with Gasteiger partial charge < -0.3 is 0 Å². The molecule has 0 radical (unpaired) electrons. The molecule has 0 aromatic rings. The van der Waals surface area contributed by atoms with Gasteiger partial charge in [0.1, 0.15) is 0 Å². The van der Waals surface area contributed by atoms with Crippen LogP contribution in [0.2, 0.25) is 0 Å². The molecule has 1 atom stereocenters. The molecular formula is C5H12FN. The molecule has 0 aromatic heterocycles. The molecule has 44 valence electrons. The fraction of sp³-hybridized carbons (Fsp3) is 1.00. The van der Waals surface area contributed by atoms with E-state index in [1.54, 1.807) is 7.05 Å². The topological polar surface area (TPSA) is 12.0 Å². The number of hydrogen-bond acceptors (Lipinski definition) is 1. The molecule has 0 amide bonds. The van der Waals surface area contributed by atoms with Crippen molar-refractivity contribution in [2.75, 3.05) is 7.05 Å². The van der Waals surface area contributed by atoms with Crippen LogP contribution in [0.1, 0.15) is 19.8 Å². The molecule has 0 heterocycles. The molecule has 0 aliphatic rings. The second kappa shape index (κ2) is 4.06. The van der Waals surface area contributed by atoms with Gasteiger partial charge in [-0.2, -0.15) is 0 Å². The number of nitrogens with one attached hydrogen (secondary N) is 1. The van der Waals surface area contributed by atoms with Crippen LogP contribution in [-0.4, -0.2) is 13.3 Å². The van der Waals surface area contributed by atoms with Gasteiger partial charge in [-0.25, -0.2) is 4.39 Å². The van der Waals surface area contributed by atoms with Crippen molar-refractivity contribution in [3.63, 3.8) is 0 Å². The lowest BCUT2D eigenvalue weighted by Crippen LogP contribution is -2.18. The molecular weight excluding hydrogens is 93.1 g/mol. The third kappa shape index (κ3) is 3.73. The quantitative estimate of drug-likeness (QED) is 0.533. The normalized spacial score (nSPS) is 14.1. The molecule has 0 aromatic carbocycles. The first-order valence-electron chi connectivity index (χ1n) is 2.62. The van der Waals surface area contributed by atoms with Crippen molar-refractivity contribution in [2.45, 2.75) is 26.1 Å². The zero-order chi connectivity index (χ0) is 5.70. The van der Waals surface area contributed by atoms with E-state index < -0.39 is 6.30 Å². The smallest absolute Gasteiger partial charge is 0.150 e. The SMILES string of the molecule is CCCC(F)NC. The van der Waals surface area contributed by atoms with E-state index in [0.717, 1.165) is 6.42 Å². The van der Waals surface area contributed by atoms with Gasteiger partial charge in [0.2, 0.25) is 0 Å². The molecule has 0 bridgehead atoms. The zero-order valence-electron chi connectivity index (χ0n) is 4.87. The first-order valence-corrected chi connectivity index (χ1v) is 2.62. The molecule has 0 saturated carbocycles. The van der Waals surface area contributed by atoms with Crippen LogP contribution in [0.4, 0.5) is 4.39 Å². The van der Waals surface area contributed by atoms with Crippen molar-refractivity contribution in [2.24, 2.45) is 0 Å². The first kappa shape index (κ1) is 6.89. The van der Waals surface area contributed by atoms with E-state index in [0.29, 0.717) is 6.42 Å². The van der Waals surface area contributed by atoms with Crippen molar-refractivity contribution in [3.05, 3.63) is 0 Å². The minimum absolute atomic E-state index is 0.622. The first-order chi connectivity index (χ1) is 3.31. The summed E-state index contributed by atoms with van der Waals surface area (Å²) in [6.07, 6.45) is 0.725. The maximum Gasteiger partial charge on any atom is 0.150 e. The maximum absolute atomic E-state index is 12.0. The van der Waals surface area contributed by atoms with Gasteiger partial charge in [0.15, 0.2) is 6.30 Å². The van der Waals surface area contributed by atoms with Gasteiger partial charge in [-0.15, -0.1) is 0 Å². The van der Waals surface area contributed by atoms with Gasteiger partial charge in [0, 0.05) is 0 Å². The lowest BCUT2D eigenvalue weighted by molar-refractivity contribution is 0.272. The van der Waals surface area contributed by atoms with Crippen LogP contribution < -0.4 is 5.32 Å². The molecule has 7 heavy (non-hydrogen) atoms. The van der Waals surface area contributed by atoms with E-state index in [1.165, 1.54) is 0 Å². The highest BCUT2D eigenvalue weighted by molar-refractivity contribution is 4.44. The summed E-state index contributed by atoms with van der Waals surface area (Å²) in [4.78, 5) is 0. The van der Waals surface area contributed by atoms with E-state index >= 15 is 0 Å². The second-order valence-electron chi connectivity index (χ2n) is 1.54. The molecule has 2 heteroatoms. The van der Waals surface area contributed by atoms with Crippen LogP contribution in [0.5, 0.6) is 0 Å². The van der Waals surface area contributed by atoms with Crippen LogP contribution in [0.3, 0.4) is 0 Å². The molecule has 1 nitrogen and oxygen atoms in total. The summed E-state index contributed by atoms with van der Waals surface area (Å²) in [5.74, 6) is 0. The summed E-state index contributed by atoms with van der Waals surface area (Å²) >= 11 is 0. The Hall–Kier alpha value is -0.110. The predicted octanol–water partition coefficient (Wildman–Crippen LogP) is 1.30. The Bertz CT molecular complexity index is 39.1. The molecule has 0 spiro atoms. The predicted molar refractivity (Wildman–Crippen MR) is 28.9 cm³/mol. The van der Waals surface area contributed by atoms with Crippen molar-refractivity contribution in [1.82, 2.24) is 5.32 Å². The minimum atomic E-state index is -0.801. The zero-order valence-corrected chi connectivity index (χ0v) is 4.87. The Labute approximate surface area is 43.9 Å². The fourth-order valence-corrected chi connectivity index (χ4v) is 0.398. The van der Waals surface area contributed by atoms with E-state index in [4.69, 9.17) is 0 Å². The van der Waals surface area contributed by atoms with Crippen LogP contribution in [0.25, 0.3) is 0 Å². The molecule has 0 aliphatic heterocycles. The average molecular weight is 105 g/mol. The average Bonchev–Trinajstić information content (AvgIpc) is 1.68. The minimum Gasteiger partial charge on any atom is -0.291 e. The highest BCUT2D eigenvalue weighted by atomic mass is 19.1. The van der Waals surface area contributed by atoms with Gasteiger partial charge in [0.05, 0.1) is 0 Å². The van der Waals surface area contributed by atoms with E-state index in [9.17, 15) is 4.39 Å². The molecule has 0 saturated heterocycles. The van der Waals surface area contributed by atoms with Crippen molar-refractivity contribution >= 4 is 0 Å². The lowest BCUT2D eigenvalue weighted by atomic mass is 10.3.